The van der Waals surface area contributed by atoms with Gasteiger partial charge in [-0.2, -0.15) is 0 Å². The predicted molar refractivity (Wildman–Crippen MR) is 103 cm³/mol. The van der Waals surface area contributed by atoms with E-state index >= 15 is 0 Å². The number of hydrogen-bond acceptors (Lipinski definition) is 5. The molecule has 3 rings (SSSR count). The first-order valence-corrected chi connectivity index (χ1v) is 10.0. The summed E-state index contributed by atoms with van der Waals surface area (Å²) in [5.41, 5.74) is 2.70. The molecule has 0 atom stereocenters. The Hall–Kier alpha value is -2.55. The maximum atomic E-state index is 13.9. The second kappa shape index (κ2) is 7.46. The van der Waals surface area contributed by atoms with Gasteiger partial charge in [-0.1, -0.05) is 23.7 Å². The van der Waals surface area contributed by atoms with Crippen molar-refractivity contribution < 1.29 is 22.3 Å². The Bertz CT molecular complexity index is 1210. The van der Waals surface area contributed by atoms with E-state index in [0.29, 0.717) is 5.56 Å². The molecule has 0 aliphatic rings. The zero-order valence-corrected chi connectivity index (χ0v) is 16.6. The first kappa shape index (κ1) is 20.2. The van der Waals surface area contributed by atoms with Crippen LogP contribution >= 0.6 is 11.6 Å². The number of carbonyl (C=O) groups excluding carboxylic acids is 1. The molecule has 1 aromatic heterocycles. The summed E-state index contributed by atoms with van der Waals surface area (Å²) in [5, 5.41) is 5.99. The second-order valence-electron chi connectivity index (χ2n) is 6.28. The fourth-order valence-corrected chi connectivity index (χ4v) is 3.40. The fourth-order valence-electron chi connectivity index (χ4n) is 2.66. The number of primary sulfonamides is 1. The molecule has 0 aliphatic carbocycles. The van der Waals surface area contributed by atoms with E-state index < -0.39 is 32.3 Å². The molecule has 0 bridgehead atoms. The van der Waals surface area contributed by atoms with E-state index in [4.69, 9.17) is 21.5 Å². The molecule has 0 fully saturated rings. The Morgan fingerprint density at radius 3 is 2.61 bits per heavy atom. The van der Waals surface area contributed by atoms with Gasteiger partial charge < -0.3 is 4.74 Å². The van der Waals surface area contributed by atoms with Gasteiger partial charge in [-0.15, -0.1) is 0 Å². The lowest BCUT2D eigenvalue weighted by molar-refractivity contribution is 0.0467. The minimum absolute atomic E-state index is 0.160. The Morgan fingerprint density at radius 2 is 1.93 bits per heavy atom. The maximum Gasteiger partial charge on any atom is 0.341 e. The molecule has 2 N–H and O–H groups in total. The van der Waals surface area contributed by atoms with Crippen molar-refractivity contribution in [1.82, 2.24) is 4.98 Å². The summed E-state index contributed by atoms with van der Waals surface area (Å²) in [6, 6.07) is 8.20. The highest BCUT2D eigenvalue weighted by Crippen LogP contribution is 2.26. The van der Waals surface area contributed by atoms with Crippen molar-refractivity contribution in [3.63, 3.8) is 0 Å². The van der Waals surface area contributed by atoms with Gasteiger partial charge in [0.15, 0.2) is 0 Å². The van der Waals surface area contributed by atoms with Crippen molar-refractivity contribution in [1.29, 1.82) is 0 Å². The number of aromatic nitrogens is 1. The van der Waals surface area contributed by atoms with Crippen molar-refractivity contribution in [2.75, 3.05) is 0 Å². The number of ether oxygens (including phenoxy) is 1. The molecule has 0 unspecified atom stereocenters. The van der Waals surface area contributed by atoms with Gasteiger partial charge >= 0.3 is 5.97 Å². The molecule has 9 heteroatoms. The number of carbonyl (C=O) groups is 1. The molecule has 0 aliphatic heterocycles. The monoisotopic (exact) mass is 422 g/mol. The average molecular weight is 423 g/mol. The number of benzene rings is 2. The molecular weight excluding hydrogens is 407 g/mol. The number of nitrogens with zero attached hydrogens (tertiary/aromatic N) is 1. The van der Waals surface area contributed by atoms with Gasteiger partial charge in [0.2, 0.25) is 10.0 Å². The van der Waals surface area contributed by atoms with Crippen LogP contribution in [0.25, 0.3) is 10.9 Å². The molecule has 6 nitrogen and oxygen atoms in total. The van der Waals surface area contributed by atoms with Crippen molar-refractivity contribution in [2.45, 2.75) is 25.3 Å². The first-order valence-electron chi connectivity index (χ1n) is 8.12. The summed E-state index contributed by atoms with van der Waals surface area (Å²) in [6.45, 7) is 3.64. The molecule has 28 heavy (non-hydrogen) atoms. The van der Waals surface area contributed by atoms with Crippen molar-refractivity contribution >= 4 is 38.5 Å². The van der Waals surface area contributed by atoms with E-state index in [2.05, 4.69) is 4.98 Å². The van der Waals surface area contributed by atoms with Crippen LogP contribution < -0.4 is 5.14 Å². The number of hydrogen-bond donors (Lipinski definition) is 1. The third-order valence-electron chi connectivity index (χ3n) is 4.38. The molecule has 0 amide bonds. The molecular formula is C19H16ClFN2O4S. The molecule has 3 aromatic rings. The number of rotatable bonds is 4. The van der Waals surface area contributed by atoms with Crippen LogP contribution in [0.2, 0.25) is 5.15 Å². The van der Waals surface area contributed by atoms with Gasteiger partial charge in [0.25, 0.3) is 0 Å². The summed E-state index contributed by atoms with van der Waals surface area (Å²) in [7, 11) is -4.09. The zero-order valence-electron chi connectivity index (χ0n) is 15.0. The van der Waals surface area contributed by atoms with Crippen molar-refractivity contribution in [3.05, 3.63) is 69.6 Å². The number of halogens is 2. The quantitative estimate of drug-likeness (QED) is 0.511. The highest BCUT2D eigenvalue weighted by molar-refractivity contribution is 7.89. The summed E-state index contributed by atoms with van der Waals surface area (Å²) in [6.07, 6.45) is 0. The maximum absolute atomic E-state index is 13.9. The minimum atomic E-state index is -4.09. The number of esters is 1. The number of nitrogens with two attached hydrogens (primary N) is 1. The lowest BCUT2D eigenvalue weighted by Gasteiger charge is -2.11. The summed E-state index contributed by atoms with van der Waals surface area (Å²) < 4.78 is 41.8. The highest BCUT2D eigenvalue weighted by Gasteiger charge is 2.19. The van der Waals surface area contributed by atoms with Crippen molar-refractivity contribution in [2.24, 2.45) is 5.14 Å². The standard InChI is InChI=1S/C19H16ClFN2O4S/c1-10-3-4-12-7-13(18(20)23-17(12)11(10)2)9-27-19(24)15-8-14(28(22,25)26)5-6-16(15)21/h3-8H,9H2,1-2H3,(H2,22,25,26). The van der Waals surface area contributed by atoms with E-state index in [1.807, 2.05) is 26.0 Å². The Balaban J connectivity index is 1.87. The highest BCUT2D eigenvalue weighted by atomic mass is 35.5. The van der Waals surface area contributed by atoms with Gasteiger partial charge in [0.1, 0.15) is 17.6 Å². The summed E-state index contributed by atoms with van der Waals surface area (Å²) in [4.78, 5) is 16.2. The minimum Gasteiger partial charge on any atom is -0.457 e. The number of sulfonamides is 1. The smallest absolute Gasteiger partial charge is 0.341 e. The van der Waals surface area contributed by atoms with Gasteiger partial charge in [0.05, 0.1) is 16.0 Å². The van der Waals surface area contributed by atoms with Gasteiger partial charge in [-0.25, -0.2) is 27.7 Å². The van der Waals surface area contributed by atoms with Crippen LogP contribution in [0.1, 0.15) is 27.0 Å². The van der Waals surface area contributed by atoms with Gasteiger partial charge in [0, 0.05) is 10.9 Å². The first-order chi connectivity index (χ1) is 13.1. The number of aryl methyl sites for hydroxylation is 2. The molecule has 0 radical (unpaired) electrons. The molecule has 2 aromatic carbocycles. The molecule has 0 saturated heterocycles. The molecule has 0 saturated carbocycles. The molecule has 1 heterocycles. The molecule has 146 valence electrons. The van der Waals surface area contributed by atoms with Crippen LogP contribution in [0.4, 0.5) is 4.39 Å². The van der Waals surface area contributed by atoms with Gasteiger partial charge in [-0.05, 0) is 49.2 Å². The predicted octanol–water partition coefficient (Wildman–Crippen LogP) is 3.65. The topological polar surface area (TPSA) is 99.4 Å². The van der Waals surface area contributed by atoms with Crippen molar-refractivity contribution in [3.8, 4) is 0 Å². The van der Waals surface area contributed by atoms with E-state index in [9.17, 15) is 17.6 Å². The Kier molecular flexibility index (Phi) is 5.38. The second-order valence-corrected chi connectivity index (χ2v) is 8.20. The van der Waals surface area contributed by atoms with Gasteiger partial charge in [-0.3, -0.25) is 0 Å². The zero-order chi connectivity index (χ0) is 20.6. The van der Waals surface area contributed by atoms with Crippen LogP contribution in [0.5, 0.6) is 0 Å². The van der Waals surface area contributed by atoms with Crippen LogP contribution in [0.15, 0.2) is 41.3 Å². The van der Waals surface area contributed by atoms with E-state index in [1.54, 1.807) is 6.07 Å². The normalized spacial score (nSPS) is 11.6. The van der Waals surface area contributed by atoms with Crippen LogP contribution in [-0.4, -0.2) is 19.4 Å². The third-order valence-corrected chi connectivity index (χ3v) is 5.62. The van der Waals surface area contributed by atoms with Crippen LogP contribution in [0, 0.1) is 19.7 Å². The Labute approximate surface area is 166 Å². The fraction of sp³-hybridized carbons (Fsp3) is 0.158. The van der Waals surface area contributed by atoms with Crippen LogP contribution in [0.3, 0.4) is 0 Å². The Morgan fingerprint density at radius 1 is 1.21 bits per heavy atom. The summed E-state index contributed by atoms with van der Waals surface area (Å²) >= 11 is 6.20. The summed E-state index contributed by atoms with van der Waals surface area (Å²) in [5.74, 6) is -1.97. The SMILES string of the molecule is Cc1ccc2cc(COC(=O)c3cc(S(N)(=O)=O)ccc3F)c(Cl)nc2c1C. The van der Waals surface area contributed by atoms with Crippen LogP contribution in [-0.2, 0) is 21.4 Å². The largest absolute Gasteiger partial charge is 0.457 e. The van der Waals surface area contributed by atoms with E-state index in [-0.39, 0.29) is 11.8 Å². The lowest BCUT2D eigenvalue weighted by Crippen LogP contribution is -2.15. The molecule has 0 spiro atoms. The number of fused-ring (bicyclic) bond motifs is 1. The third kappa shape index (κ3) is 3.99. The lowest BCUT2D eigenvalue weighted by atomic mass is 10.0. The van der Waals surface area contributed by atoms with E-state index in [0.717, 1.165) is 40.2 Å². The number of pyridine rings is 1. The van der Waals surface area contributed by atoms with E-state index in [1.165, 1.54) is 0 Å². The average Bonchev–Trinajstić information content (AvgIpc) is 2.63.